The molecule has 1 aromatic heterocycles. The third-order valence-corrected chi connectivity index (χ3v) is 2.35. The molecule has 0 saturated heterocycles. The second kappa shape index (κ2) is 5.24. The summed E-state index contributed by atoms with van der Waals surface area (Å²) in [5.41, 5.74) is -1.45. The molecule has 1 heterocycles. The molecule has 8 heteroatoms. The van der Waals surface area contributed by atoms with Crippen molar-refractivity contribution < 1.29 is 26.7 Å². The fourth-order valence-electron chi connectivity index (χ4n) is 1.40. The second-order valence-electron chi connectivity index (χ2n) is 3.66. The maximum absolute atomic E-state index is 13.3. The second-order valence-corrected chi connectivity index (χ2v) is 3.66. The highest BCUT2D eigenvalue weighted by Gasteiger charge is 2.18. The van der Waals surface area contributed by atoms with Crippen molar-refractivity contribution in [1.29, 1.82) is 0 Å². The lowest BCUT2D eigenvalue weighted by atomic mass is 10.2. The van der Waals surface area contributed by atoms with Gasteiger partial charge in [0.1, 0.15) is 5.82 Å². The minimum atomic E-state index is -1.53. The van der Waals surface area contributed by atoms with Gasteiger partial charge in [0.15, 0.2) is 17.5 Å². The number of pyridine rings is 1. The highest BCUT2D eigenvalue weighted by atomic mass is 19.2. The summed E-state index contributed by atoms with van der Waals surface area (Å²) in [6.07, 6.45) is 0.828. The van der Waals surface area contributed by atoms with Crippen molar-refractivity contribution in [2.24, 2.45) is 0 Å². The van der Waals surface area contributed by atoms with E-state index in [2.05, 4.69) is 4.98 Å². The summed E-state index contributed by atoms with van der Waals surface area (Å²) >= 11 is 0. The quantitative estimate of drug-likeness (QED) is 0.524. The van der Waals surface area contributed by atoms with Crippen LogP contribution in [0.1, 0.15) is 10.4 Å². The number of hydrogen-bond donors (Lipinski definition) is 1. The molecule has 0 unspecified atom stereocenters. The Balaban J connectivity index is 2.33. The molecule has 0 spiro atoms. The van der Waals surface area contributed by atoms with E-state index in [1.165, 1.54) is 0 Å². The first kappa shape index (κ1) is 13.9. The molecule has 1 N–H and O–H groups in total. The van der Waals surface area contributed by atoms with Crippen LogP contribution in [0.15, 0.2) is 24.4 Å². The summed E-state index contributed by atoms with van der Waals surface area (Å²) in [6.45, 7) is 0. The van der Waals surface area contributed by atoms with E-state index in [4.69, 9.17) is 0 Å². The lowest BCUT2D eigenvalue weighted by molar-refractivity contribution is 0.102. The number of aromatic nitrogens is 1. The molecule has 0 atom stereocenters. The van der Waals surface area contributed by atoms with Gasteiger partial charge in [-0.25, -0.2) is 22.5 Å². The van der Waals surface area contributed by atoms with Gasteiger partial charge in [0.2, 0.25) is 5.95 Å². The number of nitrogens with zero attached hydrogens (tertiary/aromatic N) is 1. The van der Waals surface area contributed by atoms with Gasteiger partial charge in [0.05, 0.1) is 11.3 Å². The van der Waals surface area contributed by atoms with E-state index in [0.29, 0.717) is 6.07 Å². The summed E-state index contributed by atoms with van der Waals surface area (Å²) < 4.78 is 65.0. The molecule has 0 fully saturated rings. The molecule has 104 valence electrons. The fourth-order valence-corrected chi connectivity index (χ4v) is 1.40. The minimum absolute atomic E-state index is 0.217. The Hall–Kier alpha value is -2.51. The standard InChI is InChI=1S/C12H5F5N2O/c13-6-3-8(15)9(4-7(6)14)19-12(20)5-1-2-18-11(17)10(5)16/h1-4H,(H,19,20). The number of nitrogens with one attached hydrogen (secondary N) is 1. The van der Waals surface area contributed by atoms with Crippen LogP contribution >= 0.6 is 0 Å². The van der Waals surface area contributed by atoms with E-state index in [-0.39, 0.29) is 6.07 Å². The Kier molecular flexibility index (Phi) is 3.64. The first-order valence-electron chi connectivity index (χ1n) is 5.16. The number of benzene rings is 1. The van der Waals surface area contributed by atoms with Crippen LogP contribution in [0, 0.1) is 29.2 Å². The van der Waals surface area contributed by atoms with Gasteiger partial charge in [-0.2, -0.15) is 4.39 Å². The van der Waals surface area contributed by atoms with Crippen molar-refractivity contribution in [3.63, 3.8) is 0 Å². The number of amides is 1. The van der Waals surface area contributed by atoms with E-state index in [1.807, 2.05) is 5.32 Å². The highest BCUT2D eigenvalue weighted by Crippen LogP contribution is 2.20. The maximum Gasteiger partial charge on any atom is 0.258 e. The summed E-state index contributed by atoms with van der Waals surface area (Å²) in [6, 6.07) is 1.46. The van der Waals surface area contributed by atoms with Crippen LogP contribution in [0.4, 0.5) is 27.6 Å². The Bertz CT molecular complexity index is 690. The number of carbonyl (C=O) groups excluding carboxylic acids is 1. The largest absolute Gasteiger partial charge is 0.319 e. The van der Waals surface area contributed by atoms with Gasteiger partial charge < -0.3 is 5.32 Å². The zero-order chi connectivity index (χ0) is 14.9. The molecule has 0 aliphatic heterocycles. The molecule has 1 amide bonds. The lowest BCUT2D eigenvalue weighted by Crippen LogP contribution is -2.16. The van der Waals surface area contributed by atoms with Gasteiger partial charge >= 0.3 is 0 Å². The van der Waals surface area contributed by atoms with Crippen molar-refractivity contribution >= 4 is 11.6 Å². The summed E-state index contributed by atoms with van der Waals surface area (Å²) in [4.78, 5) is 14.6. The molecule has 0 aliphatic rings. The van der Waals surface area contributed by atoms with Gasteiger partial charge in [0, 0.05) is 18.3 Å². The molecule has 2 aromatic rings. The third kappa shape index (κ3) is 2.58. The Morgan fingerprint density at radius 3 is 2.35 bits per heavy atom. The smallest absolute Gasteiger partial charge is 0.258 e. The molecule has 1 aromatic carbocycles. The van der Waals surface area contributed by atoms with Gasteiger partial charge in [-0.3, -0.25) is 4.79 Å². The average Bonchev–Trinajstić information content (AvgIpc) is 2.39. The van der Waals surface area contributed by atoms with E-state index in [9.17, 15) is 26.7 Å². The Morgan fingerprint density at radius 2 is 1.65 bits per heavy atom. The molecule has 0 radical (unpaired) electrons. The molecule has 20 heavy (non-hydrogen) atoms. The number of anilines is 1. The zero-order valence-corrected chi connectivity index (χ0v) is 9.55. The number of halogens is 5. The first-order valence-corrected chi connectivity index (χ1v) is 5.16. The number of hydrogen-bond acceptors (Lipinski definition) is 2. The van der Waals surface area contributed by atoms with Gasteiger partial charge in [-0.1, -0.05) is 0 Å². The molecular formula is C12H5F5N2O. The van der Waals surface area contributed by atoms with Crippen molar-refractivity contribution in [2.75, 3.05) is 5.32 Å². The normalized spacial score (nSPS) is 10.4. The number of rotatable bonds is 2. The minimum Gasteiger partial charge on any atom is -0.319 e. The Labute approximate surface area is 109 Å². The van der Waals surface area contributed by atoms with E-state index in [1.54, 1.807) is 0 Å². The lowest BCUT2D eigenvalue weighted by Gasteiger charge is -2.07. The first-order chi connectivity index (χ1) is 9.40. The molecular weight excluding hydrogens is 283 g/mol. The summed E-state index contributed by atoms with van der Waals surface area (Å²) in [5.74, 6) is -8.37. The third-order valence-electron chi connectivity index (χ3n) is 2.35. The molecule has 2 rings (SSSR count). The topological polar surface area (TPSA) is 42.0 Å². The van der Waals surface area contributed by atoms with Crippen molar-refractivity contribution in [1.82, 2.24) is 4.98 Å². The van der Waals surface area contributed by atoms with Crippen LogP contribution in [0.3, 0.4) is 0 Å². The van der Waals surface area contributed by atoms with E-state index < -0.39 is 46.4 Å². The maximum atomic E-state index is 13.3. The van der Waals surface area contributed by atoms with E-state index >= 15 is 0 Å². The van der Waals surface area contributed by atoms with Crippen LogP contribution in [0.2, 0.25) is 0 Å². The van der Waals surface area contributed by atoms with Gasteiger partial charge in [0.25, 0.3) is 5.91 Å². The predicted molar refractivity (Wildman–Crippen MR) is 58.4 cm³/mol. The summed E-state index contributed by atoms with van der Waals surface area (Å²) in [7, 11) is 0. The van der Waals surface area contributed by atoms with Crippen LogP contribution < -0.4 is 5.32 Å². The highest BCUT2D eigenvalue weighted by molar-refractivity contribution is 6.04. The van der Waals surface area contributed by atoms with Crippen LogP contribution in [-0.2, 0) is 0 Å². The van der Waals surface area contributed by atoms with Crippen molar-refractivity contribution in [2.45, 2.75) is 0 Å². The van der Waals surface area contributed by atoms with E-state index in [0.717, 1.165) is 12.3 Å². The zero-order valence-electron chi connectivity index (χ0n) is 9.55. The molecule has 0 bridgehead atoms. The van der Waals surface area contributed by atoms with Crippen molar-refractivity contribution in [3.05, 3.63) is 59.2 Å². The van der Waals surface area contributed by atoms with Crippen LogP contribution in [0.25, 0.3) is 0 Å². The van der Waals surface area contributed by atoms with Crippen LogP contribution in [-0.4, -0.2) is 10.9 Å². The SMILES string of the molecule is O=C(Nc1cc(F)c(F)cc1F)c1ccnc(F)c1F. The molecule has 3 nitrogen and oxygen atoms in total. The predicted octanol–water partition coefficient (Wildman–Crippen LogP) is 3.03. The van der Waals surface area contributed by atoms with Crippen molar-refractivity contribution in [3.8, 4) is 0 Å². The monoisotopic (exact) mass is 288 g/mol. The molecule has 0 saturated carbocycles. The fraction of sp³-hybridized carbons (Fsp3) is 0. The number of carbonyl (C=O) groups is 1. The molecule has 0 aliphatic carbocycles. The van der Waals surface area contributed by atoms with Crippen LogP contribution in [0.5, 0.6) is 0 Å². The van der Waals surface area contributed by atoms with Gasteiger partial charge in [-0.05, 0) is 6.07 Å². The average molecular weight is 288 g/mol. The summed E-state index contributed by atoms with van der Waals surface area (Å²) in [5, 5.41) is 1.81. The Morgan fingerprint density at radius 1 is 1.00 bits per heavy atom. The van der Waals surface area contributed by atoms with Gasteiger partial charge in [-0.15, -0.1) is 0 Å².